The predicted octanol–water partition coefficient (Wildman–Crippen LogP) is 2.29. The first-order valence-electron chi connectivity index (χ1n) is 4.51. The average molecular weight is 223 g/mol. The van der Waals surface area contributed by atoms with Crippen molar-refractivity contribution in [1.82, 2.24) is 5.32 Å². The monoisotopic (exact) mass is 222 g/mol. The lowest BCUT2D eigenvalue weighted by Gasteiger charge is -2.08. The summed E-state index contributed by atoms with van der Waals surface area (Å²) < 4.78 is 0. The average Bonchev–Trinajstić information content (AvgIpc) is 2.17. The molecule has 0 heterocycles. The number of carbonyl (C=O) groups excluding carboxylic acids is 1. The predicted molar refractivity (Wildman–Crippen MR) is 58.7 cm³/mol. The fraction of sp³-hybridized carbons (Fsp3) is 0.273. The first-order chi connectivity index (χ1) is 7.04. The summed E-state index contributed by atoms with van der Waals surface area (Å²) in [6.07, 6.45) is 0. The lowest BCUT2D eigenvalue weighted by atomic mass is 10.1. The molecule has 0 radical (unpaired) electrons. The van der Waals surface area contributed by atoms with E-state index in [1.165, 1.54) is 0 Å². The van der Waals surface area contributed by atoms with Gasteiger partial charge in [0, 0.05) is 10.6 Å². The Morgan fingerprint density at radius 3 is 2.80 bits per heavy atom. The molecule has 1 aromatic carbocycles. The lowest BCUT2D eigenvalue weighted by Crippen LogP contribution is -2.31. The fourth-order valence-corrected chi connectivity index (χ4v) is 1.42. The van der Waals surface area contributed by atoms with Crippen molar-refractivity contribution < 1.29 is 4.79 Å². The summed E-state index contributed by atoms with van der Waals surface area (Å²) >= 11 is 5.77. The van der Waals surface area contributed by atoms with Crippen molar-refractivity contribution in [3.8, 4) is 6.07 Å². The summed E-state index contributed by atoms with van der Waals surface area (Å²) in [6.45, 7) is 3.43. The van der Waals surface area contributed by atoms with Crippen molar-refractivity contribution in [2.24, 2.45) is 0 Å². The van der Waals surface area contributed by atoms with Gasteiger partial charge in [0.2, 0.25) is 0 Å². The number of rotatable bonds is 2. The van der Waals surface area contributed by atoms with Crippen LogP contribution in [-0.4, -0.2) is 11.9 Å². The Kier molecular flexibility index (Phi) is 3.70. The highest BCUT2D eigenvalue weighted by atomic mass is 35.5. The molecule has 0 aliphatic carbocycles. The lowest BCUT2D eigenvalue weighted by molar-refractivity contribution is 0.0947. The van der Waals surface area contributed by atoms with Gasteiger partial charge in [-0.15, -0.1) is 0 Å². The number of hydrogen-bond donors (Lipinski definition) is 1. The van der Waals surface area contributed by atoms with E-state index in [1.54, 1.807) is 32.0 Å². The van der Waals surface area contributed by atoms with Gasteiger partial charge in [-0.3, -0.25) is 4.79 Å². The topological polar surface area (TPSA) is 52.9 Å². The minimum Gasteiger partial charge on any atom is -0.337 e. The second kappa shape index (κ2) is 4.81. The van der Waals surface area contributed by atoms with E-state index in [0.717, 1.165) is 5.56 Å². The van der Waals surface area contributed by atoms with E-state index in [0.29, 0.717) is 10.6 Å². The maximum Gasteiger partial charge on any atom is 0.252 e. The molecular formula is C11H11ClN2O. The summed E-state index contributed by atoms with van der Waals surface area (Å²) in [4.78, 5) is 11.6. The van der Waals surface area contributed by atoms with Crippen LogP contribution in [0.4, 0.5) is 0 Å². The summed E-state index contributed by atoms with van der Waals surface area (Å²) in [7, 11) is 0. The zero-order valence-electron chi connectivity index (χ0n) is 8.54. The minimum absolute atomic E-state index is 0.252. The Hall–Kier alpha value is -1.53. The van der Waals surface area contributed by atoms with Crippen LogP contribution < -0.4 is 5.32 Å². The van der Waals surface area contributed by atoms with Crippen molar-refractivity contribution in [2.45, 2.75) is 19.9 Å². The molecule has 0 bridgehead atoms. The largest absolute Gasteiger partial charge is 0.337 e. The molecule has 0 aromatic heterocycles. The number of nitriles is 1. The van der Waals surface area contributed by atoms with Crippen LogP contribution in [0.2, 0.25) is 5.02 Å². The Balaban J connectivity index is 2.88. The SMILES string of the molecule is Cc1cc(Cl)ccc1C(=O)NC(C)C#N. The van der Waals surface area contributed by atoms with E-state index in [1.807, 2.05) is 6.07 Å². The van der Waals surface area contributed by atoms with Crippen LogP contribution in [0, 0.1) is 18.3 Å². The van der Waals surface area contributed by atoms with Crippen molar-refractivity contribution in [1.29, 1.82) is 5.26 Å². The van der Waals surface area contributed by atoms with E-state index in [-0.39, 0.29) is 5.91 Å². The van der Waals surface area contributed by atoms with Gasteiger partial charge in [0.05, 0.1) is 6.07 Å². The molecule has 0 fully saturated rings. The quantitative estimate of drug-likeness (QED) is 0.835. The van der Waals surface area contributed by atoms with Crippen LogP contribution in [0.5, 0.6) is 0 Å². The molecule has 0 spiro atoms. The molecule has 3 nitrogen and oxygen atoms in total. The first kappa shape index (κ1) is 11.5. The summed E-state index contributed by atoms with van der Waals surface area (Å²) in [5, 5.41) is 11.7. The molecule has 78 valence electrons. The minimum atomic E-state index is -0.493. The molecule has 1 unspecified atom stereocenters. The molecular weight excluding hydrogens is 212 g/mol. The van der Waals surface area contributed by atoms with Crippen molar-refractivity contribution in [3.63, 3.8) is 0 Å². The number of amides is 1. The Morgan fingerprint density at radius 2 is 2.27 bits per heavy atom. The maximum absolute atomic E-state index is 11.6. The number of carbonyl (C=O) groups is 1. The number of aryl methyl sites for hydroxylation is 1. The van der Waals surface area contributed by atoms with Crippen LogP contribution in [0.1, 0.15) is 22.8 Å². The summed E-state index contributed by atoms with van der Waals surface area (Å²) in [5.74, 6) is -0.252. The van der Waals surface area contributed by atoms with Gasteiger partial charge in [0.15, 0.2) is 0 Å². The van der Waals surface area contributed by atoms with Gasteiger partial charge in [0.1, 0.15) is 6.04 Å². The maximum atomic E-state index is 11.6. The molecule has 1 atom stereocenters. The van der Waals surface area contributed by atoms with Crippen LogP contribution in [-0.2, 0) is 0 Å². The third kappa shape index (κ3) is 2.97. The van der Waals surface area contributed by atoms with Gasteiger partial charge in [-0.25, -0.2) is 0 Å². The van der Waals surface area contributed by atoms with Crippen LogP contribution in [0.15, 0.2) is 18.2 Å². The molecule has 0 aliphatic rings. The highest BCUT2D eigenvalue weighted by Gasteiger charge is 2.11. The molecule has 1 rings (SSSR count). The molecule has 4 heteroatoms. The molecule has 1 N–H and O–H groups in total. The molecule has 0 aliphatic heterocycles. The van der Waals surface area contributed by atoms with E-state index in [4.69, 9.17) is 16.9 Å². The zero-order valence-corrected chi connectivity index (χ0v) is 9.30. The smallest absolute Gasteiger partial charge is 0.252 e. The third-order valence-corrected chi connectivity index (χ3v) is 2.21. The van der Waals surface area contributed by atoms with Gasteiger partial charge in [-0.05, 0) is 37.6 Å². The van der Waals surface area contributed by atoms with E-state index >= 15 is 0 Å². The van der Waals surface area contributed by atoms with Crippen molar-refractivity contribution in [3.05, 3.63) is 34.3 Å². The number of benzene rings is 1. The summed E-state index contributed by atoms with van der Waals surface area (Å²) in [6, 6.07) is 6.46. The number of nitrogens with zero attached hydrogens (tertiary/aromatic N) is 1. The van der Waals surface area contributed by atoms with Crippen molar-refractivity contribution in [2.75, 3.05) is 0 Å². The Bertz CT molecular complexity index is 423. The summed E-state index contributed by atoms with van der Waals surface area (Å²) in [5.41, 5.74) is 1.34. The zero-order chi connectivity index (χ0) is 11.4. The number of hydrogen-bond acceptors (Lipinski definition) is 2. The normalized spacial score (nSPS) is 11.6. The molecule has 1 aromatic rings. The van der Waals surface area contributed by atoms with E-state index in [2.05, 4.69) is 5.32 Å². The highest BCUT2D eigenvalue weighted by molar-refractivity contribution is 6.30. The Labute approximate surface area is 93.7 Å². The second-order valence-electron chi connectivity index (χ2n) is 3.28. The van der Waals surface area contributed by atoms with Gasteiger partial charge < -0.3 is 5.32 Å². The van der Waals surface area contributed by atoms with E-state index in [9.17, 15) is 4.79 Å². The van der Waals surface area contributed by atoms with E-state index < -0.39 is 6.04 Å². The van der Waals surface area contributed by atoms with Crippen molar-refractivity contribution >= 4 is 17.5 Å². The highest BCUT2D eigenvalue weighted by Crippen LogP contribution is 2.15. The fourth-order valence-electron chi connectivity index (χ4n) is 1.19. The van der Waals surface area contributed by atoms with Gasteiger partial charge in [-0.1, -0.05) is 11.6 Å². The van der Waals surface area contributed by atoms with Gasteiger partial charge >= 0.3 is 0 Å². The molecule has 15 heavy (non-hydrogen) atoms. The van der Waals surface area contributed by atoms with Crippen LogP contribution >= 0.6 is 11.6 Å². The molecule has 1 amide bonds. The third-order valence-electron chi connectivity index (χ3n) is 1.97. The Morgan fingerprint density at radius 1 is 1.60 bits per heavy atom. The van der Waals surface area contributed by atoms with Crippen LogP contribution in [0.3, 0.4) is 0 Å². The molecule has 0 saturated carbocycles. The molecule has 0 saturated heterocycles. The second-order valence-corrected chi connectivity index (χ2v) is 3.72. The first-order valence-corrected chi connectivity index (χ1v) is 4.89. The van der Waals surface area contributed by atoms with Gasteiger partial charge in [0.25, 0.3) is 5.91 Å². The standard InChI is InChI=1S/C11H11ClN2O/c1-7-5-9(12)3-4-10(7)11(15)14-8(2)6-13/h3-5,8H,1-2H3,(H,14,15). The van der Waals surface area contributed by atoms with Crippen LogP contribution in [0.25, 0.3) is 0 Å². The number of nitrogens with one attached hydrogen (secondary N) is 1. The van der Waals surface area contributed by atoms with Gasteiger partial charge in [-0.2, -0.15) is 5.26 Å². The number of halogens is 1.